The number of nitrogens with one attached hydrogen (secondary N) is 1. The average Bonchev–Trinajstić information content (AvgIpc) is 3.23. The van der Waals surface area contributed by atoms with Gasteiger partial charge >= 0.3 is 0 Å². The fourth-order valence-corrected chi connectivity index (χ4v) is 4.34. The van der Waals surface area contributed by atoms with Gasteiger partial charge in [-0.1, -0.05) is 12.1 Å². The van der Waals surface area contributed by atoms with Gasteiger partial charge < -0.3 is 19.5 Å². The van der Waals surface area contributed by atoms with E-state index in [0.717, 1.165) is 61.9 Å². The minimum atomic E-state index is -0.294. The highest BCUT2D eigenvalue weighted by Crippen LogP contribution is 2.34. The van der Waals surface area contributed by atoms with E-state index in [0.29, 0.717) is 35.1 Å². The number of halogens is 1. The normalized spacial score (nSPS) is 16.1. The topological polar surface area (TPSA) is 76.3 Å². The molecular formula is C24H32FN5O2. The van der Waals surface area contributed by atoms with Crippen LogP contribution in [0.5, 0.6) is 0 Å². The number of pyridine rings is 1. The van der Waals surface area contributed by atoms with E-state index in [2.05, 4.69) is 27.3 Å². The van der Waals surface area contributed by atoms with E-state index in [1.54, 1.807) is 20.1 Å². The number of fused-ring (bicyclic) bond motifs is 1. The molecule has 172 valence electrons. The lowest BCUT2D eigenvalue weighted by atomic mass is 10.0. The van der Waals surface area contributed by atoms with E-state index in [4.69, 9.17) is 14.2 Å². The predicted molar refractivity (Wildman–Crippen MR) is 123 cm³/mol. The molecule has 2 aromatic heterocycles. The Morgan fingerprint density at radius 3 is 2.69 bits per heavy atom. The van der Waals surface area contributed by atoms with Crippen molar-refractivity contribution in [2.45, 2.75) is 58.5 Å². The Balaban J connectivity index is 1.62. The zero-order valence-electron chi connectivity index (χ0n) is 19.3. The predicted octanol–water partition coefficient (Wildman–Crippen LogP) is 4.28. The summed E-state index contributed by atoms with van der Waals surface area (Å²) in [5.41, 5.74) is 2.07. The number of piperidine rings is 1. The number of rotatable bonds is 8. The Morgan fingerprint density at radius 2 is 2.03 bits per heavy atom. The molecule has 32 heavy (non-hydrogen) atoms. The number of ether oxygens (including phenoxy) is 1. The van der Waals surface area contributed by atoms with Crippen molar-refractivity contribution in [2.75, 3.05) is 31.7 Å². The Kier molecular flexibility index (Phi) is 7.01. The highest BCUT2D eigenvalue weighted by atomic mass is 19.1. The van der Waals surface area contributed by atoms with Crippen LogP contribution in [-0.2, 0) is 11.2 Å². The molecule has 3 aromatic rings. The molecule has 1 saturated heterocycles. The lowest BCUT2D eigenvalue weighted by molar-refractivity contribution is 0.181. The molecule has 4 rings (SSSR count). The summed E-state index contributed by atoms with van der Waals surface area (Å²) in [4.78, 5) is 11.4. The van der Waals surface area contributed by atoms with Crippen LogP contribution >= 0.6 is 0 Å². The van der Waals surface area contributed by atoms with Gasteiger partial charge in [-0.3, -0.25) is 0 Å². The molecule has 8 heteroatoms. The first-order chi connectivity index (χ1) is 15.5. The van der Waals surface area contributed by atoms with Crippen LogP contribution in [0, 0.1) is 12.7 Å². The molecule has 7 nitrogen and oxygen atoms in total. The fourth-order valence-electron chi connectivity index (χ4n) is 4.34. The van der Waals surface area contributed by atoms with E-state index in [9.17, 15) is 4.39 Å². The first kappa shape index (κ1) is 22.6. The summed E-state index contributed by atoms with van der Waals surface area (Å²) < 4.78 is 25.5. The molecule has 1 aliphatic rings. The summed E-state index contributed by atoms with van der Waals surface area (Å²) in [6.45, 7) is 8.40. The molecule has 0 amide bonds. The molecule has 0 unspecified atom stereocenters. The second-order valence-electron chi connectivity index (χ2n) is 8.62. The molecule has 1 N–H and O–H groups in total. The maximum absolute atomic E-state index is 14.9. The highest BCUT2D eigenvalue weighted by molar-refractivity contribution is 5.88. The van der Waals surface area contributed by atoms with Gasteiger partial charge in [-0.2, -0.15) is 4.98 Å². The number of hydrogen-bond acceptors (Lipinski definition) is 7. The van der Waals surface area contributed by atoms with Gasteiger partial charge in [-0.25, -0.2) is 9.37 Å². The first-order valence-electron chi connectivity index (χ1n) is 11.4. The van der Waals surface area contributed by atoms with Crippen molar-refractivity contribution in [3.8, 4) is 11.5 Å². The summed E-state index contributed by atoms with van der Waals surface area (Å²) in [6.07, 6.45) is 3.71. The largest absolute Gasteiger partial charge is 0.385 e. The summed E-state index contributed by atoms with van der Waals surface area (Å²) >= 11 is 0. The number of hydrogen-bond donors (Lipinski definition) is 1. The third-order valence-corrected chi connectivity index (χ3v) is 6.15. The summed E-state index contributed by atoms with van der Waals surface area (Å²) in [6, 6.07) is 6.34. The lowest BCUT2D eigenvalue weighted by Gasteiger charge is -2.35. The molecule has 0 radical (unpaired) electrons. The number of aromatic nitrogens is 3. The van der Waals surface area contributed by atoms with Crippen molar-refractivity contribution in [3.63, 3.8) is 0 Å². The fraction of sp³-hybridized carbons (Fsp3) is 0.542. The Labute approximate surface area is 188 Å². The SMILES string of the molecule is CCc1cc(F)c2nc(N3CCC(N[C@H](C)CCOC)CC3)c(-c3nc(C)no3)cc2c1. The van der Waals surface area contributed by atoms with Gasteiger partial charge in [0.1, 0.15) is 17.2 Å². The number of aryl methyl sites for hydroxylation is 2. The zero-order valence-corrected chi connectivity index (χ0v) is 19.3. The van der Waals surface area contributed by atoms with E-state index >= 15 is 0 Å². The van der Waals surface area contributed by atoms with Gasteiger partial charge in [-0.05, 0) is 63.3 Å². The van der Waals surface area contributed by atoms with Crippen molar-refractivity contribution >= 4 is 16.7 Å². The molecular weight excluding hydrogens is 409 g/mol. The third-order valence-electron chi connectivity index (χ3n) is 6.15. The van der Waals surface area contributed by atoms with Crippen molar-refractivity contribution in [1.82, 2.24) is 20.4 Å². The van der Waals surface area contributed by atoms with Crippen LogP contribution in [0.2, 0.25) is 0 Å². The molecule has 1 atom stereocenters. The molecule has 1 fully saturated rings. The highest BCUT2D eigenvalue weighted by Gasteiger charge is 2.26. The minimum Gasteiger partial charge on any atom is -0.385 e. The van der Waals surface area contributed by atoms with Crippen LogP contribution in [0.4, 0.5) is 10.2 Å². The molecule has 3 heterocycles. The van der Waals surface area contributed by atoms with Crippen molar-refractivity contribution < 1.29 is 13.7 Å². The van der Waals surface area contributed by atoms with Gasteiger partial charge in [0.25, 0.3) is 5.89 Å². The second kappa shape index (κ2) is 9.92. The van der Waals surface area contributed by atoms with Crippen LogP contribution in [0.25, 0.3) is 22.4 Å². The Bertz CT molecular complexity index is 1060. The summed E-state index contributed by atoms with van der Waals surface area (Å²) in [7, 11) is 1.73. The van der Waals surface area contributed by atoms with Gasteiger partial charge in [0.05, 0.1) is 5.56 Å². The number of methoxy groups -OCH3 is 1. The third kappa shape index (κ3) is 4.91. The monoisotopic (exact) mass is 441 g/mol. The Morgan fingerprint density at radius 1 is 1.25 bits per heavy atom. The van der Waals surface area contributed by atoms with Crippen molar-refractivity contribution in [3.05, 3.63) is 35.4 Å². The first-order valence-corrected chi connectivity index (χ1v) is 11.4. The van der Waals surface area contributed by atoms with Gasteiger partial charge in [0, 0.05) is 44.3 Å². The molecule has 0 saturated carbocycles. The maximum atomic E-state index is 14.9. The van der Waals surface area contributed by atoms with Crippen LogP contribution < -0.4 is 10.2 Å². The number of benzene rings is 1. The minimum absolute atomic E-state index is 0.294. The number of anilines is 1. The average molecular weight is 442 g/mol. The molecule has 0 spiro atoms. The molecule has 1 aromatic carbocycles. The van der Waals surface area contributed by atoms with Crippen LogP contribution in [-0.4, -0.2) is 54.0 Å². The standard InChI is InChI=1S/C24H32FN5O2/c1-5-17-12-18-14-20(24-27-16(3)29-32-24)23(28-22(18)21(25)13-17)30-9-6-19(7-10-30)26-15(2)8-11-31-4/h12-15,19,26H,5-11H2,1-4H3/t15-/m1/s1. The summed E-state index contributed by atoms with van der Waals surface area (Å²) in [5.74, 6) is 1.39. The zero-order chi connectivity index (χ0) is 22.7. The second-order valence-corrected chi connectivity index (χ2v) is 8.62. The maximum Gasteiger partial charge on any atom is 0.261 e. The van der Waals surface area contributed by atoms with Crippen LogP contribution in [0.15, 0.2) is 22.7 Å². The van der Waals surface area contributed by atoms with Gasteiger partial charge in [0.2, 0.25) is 0 Å². The van der Waals surface area contributed by atoms with E-state index in [1.165, 1.54) is 0 Å². The van der Waals surface area contributed by atoms with Gasteiger partial charge in [-0.15, -0.1) is 0 Å². The molecule has 1 aliphatic heterocycles. The molecule has 0 bridgehead atoms. The van der Waals surface area contributed by atoms with Gasteiger partial charge in [0.15, 0.2) is 5.82 Å². The van der Waals surface area contributed by atoms with Crippen molar-refractivity contribution in [1.29, 1.82) is 0 Å². The summed E-state index contributed by atoms with van der Waals surface area (Å²) in [5, 5.41) is 8.40. The van der Waals surface area contributed by atoms with Crippen molar-refractivity contribution in [2.24, 2.45) is 0 Å². The lowest BCUT2D eigenvalue weighted by Crippen LogP contribution is -2.46. The quantitative estimate of drug-likeness (QED) is 0.559. The van der Waals surface area contributed by atoms with Crippen LogP contribution in [0.3, 0.4) is 0 Å². The van der Waals surface area contributed by atoms with Crippen LogP contribution in [0.1, 0.15) is 44.5 Å². The molecule has 0 aliphatic carbocycles. The number of nitrogens with zero attached hydrogens (tertiary/aromatic N) is 4. The van der Waals surface area contributed by atoms with E-state index in [1.807, 2.05) is 19.1 Å². The van der Waals surface area contributed by atoms with E-state index < -0.39 is 0 Å². The van der Waals surface area contributed by atoms with E-state index in [-0.39, 0.29) is 5.82 Å². The Hall–Kier alpha value is -2.58. The smallest absolute Gasteiger partial charge is 0.261 e.